The van der Waals surface area contributed by atoms with Crippen LogP contribution in [0, 0.1) is 17.7 Å². The van der Waals surface area contributed by atoms with E-state index in [1.54, 1.807) is 12.3 Å². The van der Waals surface area contributed by atoms with Crippen molar-refractivity contribution in [3.63, 3.8) is 0 Å². The van der Waals surface area contributed by atoms with Gasteiger partial charge in [-0.25, -0.2) is 0 Å². The van der Waals surface area contributed by atoms with Crippen molar-refractivity contribution in [2.45, 2.75) is 6.92 Å². The molecule has 0 saturated carbocycles. The van der Waals surface area contributed by atoms with Crippen LogP contribution in [0.2, 0.25) is 0 Å². The highest BCUT2D eigenvalue weighted by atomic mass is 14.7. The van der Waals surface area contributed by atoms with Gasteiger partial charge in [0, 0.05) is 29.1 Å². The third kappa shape index (κ3) is 4.19. The first-order valence-electron chi connectivity index (χ1n) is 10.7. The van der Waals surface area contributed by atoms with E-state index in [0.717, 1.165) is 50.4 Å². The summed E-state index contributed by atoms with van der Waals surface area (Å²) in [5, 5.41) is 17.0. The van der Waals surface area contributed by atoms with Gasteiger partial charge in [-0.15, -0.1) is 0 Å². The predicted octanol–water partition coefficient (Wildman–Crippen LogP) is 6.64. The lowest BCUT2D eigenvalue weighted by molar-refractivity contribution is 1.27. The van der Waals surface area contributed by atoms with Crippen LogP contribution in [0.25, 0.3) is 33.7 Å². The second-order valence-electron chi connectivity index (χ2n) is 8.04. The molecule has 5 rings (SSSR count). The van der Waals surface area contributed by atoms with Crippen molar-refractivity contribution in [2.75, 3.05) is 0 Å². The third-order valence-electron chi connectivity index (χ3n) is 5.68. The zero-order valence-electron chi connectivity index (χ0n) is 18.2. The number of pyridine rings is 2. The van der Waals surface area contributed by atoms with Gasteiger partial charge in [0.05, 0.1) is 22.8 Å². The average molecular weight is 427 g/mol. The second kappa shape index (κ2) is 8.60. The van der Waals surface area contributed by atoms with Crippen LogP contribution in [0.4, 0.5) is 0 Å². The molecule has 2 heterocycles. The van der Waals surface area contributed by atoms with Crippen molar-refractivity contribution in [2.24, 2.45) is 0 Å². The van der Waals surface area contributed by atoms with E-state index in [-0.39, 0.29) is 11.4 Å². The smallest absolute Gasteiger partial charge is 0.0867 e. The average Bonchev–Trinajstić information content (AvgIpc) is 2.87. The molecule has 2 aromatic heterocycles. The van der Waals surface area contributed by atoms with Gasteiger partial charge in [0.1, 0.15) is 0 Å². The minimum atomic E-state index is 0.199. The highest BCUT2D eigenvalue weighted by Gasteiger charge is 2.19. The zero-order valence-corrected chi connectivity index (χ0v) is 18.2. The number of aryl methyl sites for hydroxylation is 1. The lowest BCUT2D eigenvalue weighted by atomic mass is 9.87. The molecule has 2 N–H and O–H groups in total. The molecular formula is C29H22N4. The summed E-state index contributed by atoms with van der Waals surface area (Å²) in [6.45, 7) is 2.02. The predicted molar refractivity (Wildman–Crippen MR) is 135 cm³/mol. The Labute approximate surface area is 193 Å². The Hall–Kier alpha value is -4.44. The summed E-state index contributed by atoms with van der Waals surface area (Å²) in [5.74, 6) is 0. The molecule has 0 bridgehead atoms. The molecule has 4 aromatic rings. The van der Waals surface area contributed by atoms with E-state index >= 15 is 0 Å². The molecule has 1 aliphatic carbocycles. The van der Waals surface area contributed by atoms with E-state index in [4.69, 9.17) is 10.8 Å². The Bertz CT molecular complexity index is 1430. The summed E-state index contributed by atoms with van der Waals surface area (Å²) >= 11 is 0. The molecule has 0 atom stereocenters. The van der Waals surface area contributed by atoms with Crippen LogP contribution in [0.5, 0.6) is 0 Å². The fourth-order valence-electron chi connectivity index (χ4n) is 3.91. The summed E-state index contributed by atoms with van der Waals surface area (Å²) in [4.78, 5) is 8.99. The van der Waals surface area contributed by atoms with E-state index in [1.807, 2.05) is 85.9 Å². The maximum atomic E-state index is 8.55. The van der Waals surface area contributed by atoms with Crippen LogP contribution in [-0.4, -0.2) is 21.4 Å². The van der Waals surface area contributed by atoms with Gasteiger partial charge in [-0.3, -0.25) is 20.8 Å². The molecule has 0 spiro atoms. The number of hydrogen-bond acceptors (Lipinski definition) is 4. The summed E-state index contributed by atoms with van der Waals surface area (Å²) in [5.41, 5.74) is 8.86. The molecule has 2 aromatic carbocycles. The van der Waals surface area contributed by atoms with Crippen molar-refractivity contribution in [3.05, 3.63) is 120 Å². The van der Waals surface area contributed by atoms with Crippen molar-refractivity contribution in [1.29, 1.82) is 10.8 Å². The van der Waals surface area contributed by atoms with Gasteiger partial charge in [-0.05, 0) is 71.7 Å². The number of nitrogens with one attached hydrogen (secondary N) is 2. The second-order valence-corrected chi connectivity index (χ2v) is 8.04. The number of aromatic nitrogens is 2. The SMILES string of the molecule is Cc1ccc(-c2cccc(C3=CC(=N)C(=N)C(c4cccc(-c5ccccn5)c4)=C3)c2)nc1. The molecule has 0 radical (unpaired) electrons. The van der Waals surface area contributed by atoms with E-state index in [9.17, 15) is 0 Å². The van der Waals surface area contributed by atoms with Crippen LogP contribution in [0.15, 0.2) is 103 Å². The normalized spacial score (nSPS) is 13.5. The van der Waals surface area contributed by atoms with Crippen LogP contribution in [0.1, 0.15) is 16.7 Å². The lowest BCUT2D eigenvalue weighted by Gasteiger charge is -2.17. The molecule has 4 heteroatoms. The Kier molecular flexibility index (Phi) is 5.33. The summed E-state index contributed by atoms with van der Waals surface area (Å²) in [6, 6.07) is 26.1. The maximum absolute atomic E-state index is 8.55. The minimum absolute atomic E-state index is 0.199. The van der Waals surface area contributed by atoms with Crippen LogP contribution >= 0.6 is 0 Å². The number of allylic oxidation sites excluding steroid dienone is 4. The van der Waals surface area contributed by atoms with Gasteiger partial charge in [0.15, 0.2) is 0 Å². The first-order valence-corrected chi connectivity index (χ1v) is 10.7. The molecule has 4 nitrogen and oxygen atoms in total. The topological polar surface area (TPSA) is 73.5 Å². The highest BCUT2D eigenvalue weighted by molar-refractivity contribution is 6.61. The number of rotatable bonds is 4. The number of nitrogens with zero attached hydrogens (tertiary/aromatic N) is 2. The van der Waals surface area contributed by atoms with Gasteiger partial charge in [-0.2, -0.15) is 0 Å². The Balaban J connectivity index is 1.54. The van der Waals surface area contributed by atoms with E-state index in [2.05, 4.69) is 22.1 Å². The largest absolute Gasteiger partial charge is 0.299 e. The fourth-order valence-corrected chi connectivity index (χ4v) is 3.91. The van der Waals surface area contributed by atoms with Crippen LogP contribution in [0.3, 0.4) is 0 Å². The lowest BCUT2D eigenvalue weighted by Crippen LogP contribution is -2.15. The van der Waals surface area contributed by atoms with E-state index < -0.39 is 0 Å². The van der Waals surface area contributed by atoms with Gasteiger partial charge >= 0.3 is 0 Å². The zero-order chi connectivity index (χ0) is 22.8. The molecule has 0 saturated heterocycles. The van der Waals surface area contributed by atoms with E-state index in [0.29, 0.717) is 0 Å². The van der Waals surface area contributed by atoms with Crippen molar-refractivity contribution in [1.82, 2.24) is 9.97 Å². The van der Waals surface area contributed by atoms with Gasteiger partial charge in [0.2, 0.25) is 0 Å². The summed E-state index contributed by atoms with van der Waals surface area (Å²) < 4.78 is 0. The third-order valence-corrected chi connectivity index (χ3v) is 5.68. The van der Waals surface area contributed by atoms with Gasteiger partial charge in [0.25, 0.3) is 0 Å². The molecule has 0 aliphatic heterocycles. The molecule has 33 heavy (non-hydrogen) atoms. The standard InChI is InChI=1S/C29H22N4/c1-19-11-12-28(33-18-19)22-8-4-6-20(14-22)24-16-25(29(31)26(30)17-24)21-7-5-9-23(15-21)27-10-2-3-13-32-27/h2-18,30-31H,1H3. The van der Waals surface area contributed by atoms with Crippen molar-refractivity contribution >= 4 is 22.6 Å². The van der Waals surface area contributed by atoms with Crippen molar-refractivity contribution < 1.29 is 0 Å². The first kappa shape index (κ1) is 20.5. The van der Waals surface area contributed by atoms with Crippen molar-refractivity contribution in [3.8, 4) is 22.5 Å². The van der Waals surface area contributed by atoms with Crippen LogP contribution < -0.4 is 0 Å². The molecule has 0 amide bonds. The first-order chi connectivity index (χ1) is 16.1. The summed E-state index contributed by atoms with van der Waals surface area (Å²) in [6.07, 6.45) is 7.40. The molecule has 1 aliphatic rings. The van der Waals surface area contributed by atoms with Gasteiger partial charge < -0.3 is 0 Å². The minimum Gasteiger partial charge on any atom is -0.299 e. The maximum Gasteiger partial charge on any atom is 0.0867 e. The molecule has 0 fully saturated rings. The van der Waals surface area contributed by atoms with Crippen LogP contribution in [-0.2, 0) is 0 Å². The number of benzene rings is 2. The van der Waals surface area contributed by atoms with Gasteiger partial charge in [-0.1, -0.05) is 48.5 Å². The highest BCUT2D eigenvalue weighted by Crippen LogP contribution is 2.31. The summed E-state index contributed by atoms with van der Waals surface area (Å²) in [7, 11) is 0. The molecular weight excluding hydrogens is 404 g/mol. The molecule has 0 unspecified atom stereocenters. The monoisotopic (exact) mass is 426 g/mol. The number of hydrogen-bond donors (Lipinski definition) is 2. The fraction of sp³-hybridized carbons (Fsp3) is 0.0345. The quantitative estimate of drug-likeness (QED) is 0.359. The molecule has 158 valence electrons. The Morgan fingerprint density at radius 2 is 1.33 bits per heavy atom. The van der Waals surface area contributed by atoms with E-state index in [1.165, 1.54) is 0 Å². The Morgan fingerprint density at radius 3 is 2.03 bits per heavy atom. The Morgan fingerprint density at radius 1 is 0.636 bits per heavy atom.